The van der Waals surface area contributed by atoms with E-state index in [1.54, 1.807) is 141 Å². The first kappa shape index (κ1) is 27.2. The minimum Gasteiger partial charge on any atom is -0.368 e. The molecule has 0 fully saturated rings. The zero-order valence-corrected chi connectivity index (χ0v) is 31.3. The van der Waals surface area contributed by atoms with Crippen LogP contribution in [0.1, 0.15) is 90.8 Å². The van der Waals surface area contributed by atoms with Crippen molar-refractivity contribution in [3.63, 3.8) is 0 Å². The molecule has 3 atom stereocenters. The molecule has 0 aromatic heterocycles. The Morgan fingerprint density at radius 2 is 1.13 bits per heavy atom. The van der Waals surface area contributed by atoms with Gasteiger partial charge in [-0.25, -0.2) is 0 Å². The molecule has 0 radical (unpaired) electrons. The van der Waals surface area contributed by atoms with Crippen molar-refractivity contribution < 1.29 is 0 Å². The molecule has 0 N–H and O–H groups in total. The van der Waals surface area contributed by atoms with Crippen molar-refractivity contribution in [2.75, 3.05) is 11.4 Å². The van der Waals surface area contributed by atoms with Crippen LogP contribution in [-0.4, -0.2) is 12.6 Å². The highest BCUT2D eigenvalue weighted by atomic mass is 15.2. The van der Waals surface area contributed by atoms with Crippen molar-refractivity contribution in [3.8, 4) is 0 Å². The first-order chi connectivity index (χ1) is 27.2. The predicted molar refractivity (Wildman–Crippen MR) is 234 cm³/mol. The van der Waals surface area contributed by atoms with Crippen LogP contribution in [0.25, 0.3) is 114 Å². The standard InChI is InChI=1S/C54H37N/c1-3-5-6-10-13-32(55(4-2)31-11-8-7-9-12-31)54-21-29-19-27-17-25-16-26-15-23-14-24-18-28-20-30(22-54)40-45-38(28)43-34(24)33(23)41-37(26)42-35(25)36(27)44-39(29)52(53(40)54)51-49(44)47(42)46(41)48(43)50(45)51/h7-9,11-12,14,16,18-20,22,32,53H,3-6,10,13,15,17,21H2,1-2H3. The number of anilines is 1. The Morgan fingerprint density at radius 1 is 0.545 bits per heavy atom. The minimum absolute atomic E-state index is 0.0287. The number of hydrogen-bond donors (Lipinski definition) is 0. The van der Waals surface area contributed by atoms with Crippen molar-refractivity contribution in [1.82, 2.24) is 0 Å². The molecule has 12 aromatic carbocycles. The average Bonchev–Trinajstić information content (AvgIpc) is 4.03. The molecule has 0 saturated heterocycles. The molecule has 1 heteroatoms. The molecule has 0 bridgehead atoms. The van der Waals surface area contributed by atoms with Gasteiger partial charge in [-0.1, -0.05) is 75.1 Å². The fourth-order valence-electron chi connectivity index (χ4n) is 15.7. The molecule has 0 amide bonds. The molecule has 0 heterocycles. The molecule has 17 rings (SSSR count). The molecule has 258 valence electrons. The van der Waals surface area contributed by atoms with Crippen LogP contribution in [0.4, 0.5) is 5.69 Å². The highest BCUT2D eigenvalue weighted by molar-refractivity contribution is 6.62. The van der Waals surface area contributed by atoms with Crippen LogP contribution in [0.15, 0.2) is 60.7 Å². The van der Waals surface area contributed by atoms with Gasteiger partial charge in [-0.15, -0.1) is 0 Å². The number of benzene rings is 8. The second-order valence-electron chi connectivity index (χ2n) is 19.0. The van der Waals surface area contributed by atoms with E-state index in [1.807, 2.05) is 0 Å². The van der Waals surface area contributed by atoms with Crippen molar-refractivity contribution in [3.05, 3.63) is 105 Å². The van der Waals surface area contributed by atoms with Crippen LogP contribution < -0.4 is 10.1 Å². The molecule has 3 unspecified atom stereocenters. The van der Waals surface area contributed by atoms with Gasteiger partial charge in [-0.05, 0) is 209 Å². The smallest absolute Gasteiger partial charge is 0.0393 e. The molecular formula is C54H37N. The number of nitrogens with zero attached hydrogens (tertiary/aromatic N) is 1. The van der Waals surface area contributed by atoms with Gasteiger partial charge >= 0.3 is 0 Å². The molecular weight excluding hydrogens is 663 g/mol. The van der Waals surface area contributed by atoms with Gasteiger partial charge in [0.2, 0.25) is 0 Å². The van der Waals surface area contributed by atoms with E-state index in [2.05, 4.69) is 85.5 Å². The molecule has 5 aliphatic carbocycles. The van der Waals surface area contributed by atoms with Crippen molar-refractivity contribution >= 4 is 119 Å². The van der Waals surface area contributed by atoms with E-state index < -0.39 is 0 Å². The summed E-state index contributed by atoms with van der Waals surface area (Å²) in [6, 6.07) is 25.3. The monoisotopic (exact) mass is 699 g/mol. The molecule has 0 aliphatic heterocycles. The summed E-state index contributed by atoms with van der Waals surface area (Å²) in [7, 11) is 0. The Hall–Kier alpha value is -5.40. The number of unbranched alkanes of at least 4 members (excludes halogenated alkanes) is 3. The Balaban J connectivity index is 1.14. The lowest BCUT2D eigenvalue weighted by atomic mass is 9.58. The zero-order chi connectivity index (χ0) is 35.1. The summed E-state index contributed by atoms with van der Waals surface area (Å²) in [6.07, 6.45) is 12.6. The molecule has 1 nitrogen and oxygen atoms in total. The van der Waals surface area contributed by atoms with Gasteiger partial charge in [0.25, 0.3) is 0 Å². The maximum Gasteiger partial charge on any atom is 0.0393 e. The quantitative estimate of drug-likeness (QED) is 0.107. The van der Waals surface area contributed by atoms with Crippen LogP contribution in [-0.2, 0) is 19.3 Å². The van der Waals surface area contributed by atoms with Gasteiger partial charge in [0.05, 0.1) is 0 Å². The Labute approximate surface area is 317 Å². The Kier molecular flexibility index (Phi) is 4.01. The molecule has 0 saturated carbocycles. The third kappa shape index (κ3) is 2.43. The van der Waals surface area contributed by atoms with Gasteiger partial charge in [0.1, 0.15) is 0 Å². The van der Waals surface area contributed by atoms with E-state index in [4.69, 9.17) is 0 Å². The topological polar surface area (TPSA) is 3.24 Å². The van der Waals surface area contributed by atoms with Crippen LogP contribution in [0.2, 0.25) is 0 Å². The van der Waals surface area contributed by atoms with E-state index in [0.717, 1.165) is 25.8 Å². The SMILES string of the molecule is CCCCCCC(N(CC)c1ccccc1)C12C=c3cc4cc5cc6c7c5c5c4c4c3C1c1c3c(cc8c9c%10c(cc(c%11c%10c%10c(c1c4c5c%10c7%11)c39)C6)C8)C2. The lowest BCUT2D eigenvalue weighted by Gasteiger charge is -2.51. The fourth-order valence-corrected chi connectivity index (χ4v) is 15.7. The molecule has 0 spiro atoms. The summed E-state index contributed by atoms with van der Waals surface area (Å²) in [5.74, 6) is 0.381. The summed E-state index contributed by atoms with van der Waals surface area (Å²) in [5, 5.41) is 33.9. The van der Waals surface area contributed by atoms with Crippen LogP contribution in [0, 0.1) is 5.41 Å². The van der Waals surface area contributed by atoms with E-state index in [0.29, 0.717) is 12.0 Å². The Bertz CT molecular complexity index is 3830. The summed E-state index contributed by atoms with van der Waals surface area (Å²) in [5.41, 5.74) is 12.8. The van der Waals surface area contributed by atoms with E-state index in [-0.39, 0.29) is 5.41 Å². The first-order valence-electron chi connectivity index (χ1n) is 21.5. The van der Waals surface area contributed by atoms with Crippen LogP contribution in [0.5, 0.6) is 0 Å². The van der Waals surface area contributed by atoms with Gasteiger partial charge < -0.3 is 4.90 Å². The van der Waals surface area contributed by atoms with Crippen molar-refractivity contribution in [2.45, 2.75) is 77.2 Å². The lowest BCUT2D eigenvalue weighted by molar-refractivity contribution is 0.261. The van der Waals surface area contributed by atoms with Gasteiger partial charge in [-0.3, -0.25) is 0 Å². The number of para-hydroxylation sites is 1. The maximum absolute atomic E-state index is 2.90. The molecule has 55 heavy (non-hydrogen) atoms. The number of hydrogen-bond acceptors (Lipinski definition) is 1. The summed E-state index contributed by atoms with van der Waals surface area (Å²) < 4.78 is 0. The lowest BCUT2D eigenvalue weighted by Crippen LogP contribution is -2.51. The molecule has 12 aromatic rings. The first-order valence-corrected chi connectivity index (χ1v) is 21.5. The van der Waals surface area contributed by atoms with Gasteiger partial charge in [0, 0.05) is 29.6 Å². The van der Waals surface area contributed by atoms with E-state index in [1.165, 1.54) is 48.6 Å². The Morgan fingerprint density at radius 3 is 1.89 bits per heavy atom. The van der Waals surface area contributed by atoms with Crippen molar-refractivity contribution in [2.24, 2.45) is 5.41 Å². The van der Waals surface area contributed by atoms with E-state index in [9.17, 15) is 0 Å². The second-order valence-corrected chi connectivity index (χ2v) is 19.0. The summed E-state index contributed by atoms with van der Waals surface area (Å²) >= 11 is 0. The zero-order valence-electron chi connectivity index (χ0n) is 31.3. The van der Waals surface area contributed by atoms with E-state index >= 15 is 0 Å². The van der Waals surface area contributed by atoms with Crippen molar-refractivity contribution in [1.29, 1.82) is 0 Å². The van der Waals surface area contributed by atoms with Crippen LogP contribution in [0.3, 0.4) is 0 Å². The summed E-state index contributed by atoms with van der Waals surface area (Å²) in [4.78, 5) is 2.86. The third-order valence-corrected chi connectivity index (χ3v) is 17.0. The van der Waals surface area contributed by atoms with Gasteiger partial charge in [0.15, 0.2) is 0 Å². The second kappa shape index (κ2) is 8.10. The normalized spacial score (nSPS) is 20.7. The average molecular weight is 700 g/mol. The number of rotatable bonds is 9. The molecule has 5 aliphatic rings. The summed E-state index contributed by atoms with van der Waals surface area (Å²) in [6.45, 7) is 5.81. The largest absolute Gasteiger partial charge is 0.368 e. The highest BCUT2D eigenvalue weighted by Crippen LogP contribution is 2.71. The minimum atomic E-state index is -0.0287. The highest BCUT2D eigenvalue weighted by Gasteiger charge is 2.57. The van der Waals surface area contributed by atoms with Gasteiger partial charge in [-0.2, -0.15) is 0 Å². The maximum atomic E-state index is 2.90. The van der Waals surface area contributed by atoms with Crippen LogP contribution >= 0.6 is 0 Å². The third-order valence-electron chi connectivity index (χ3n) is 17.0. The predicted octanol–water partition coefficient (Wildman–Crippen LogP) is 13.0. The fraction of sp³-hybridized carbons (Fsp3) is 0.259.